The van der Waals surface area contributed by atoms with Gasteiger partial charge in [-0.15, -0.1) is 0 Å². The summed E-state index contributed by atoms with van der Waals surface area (Å²) >= 11 is 0. The number of anilines is 1. The predicted molar refractivity (Wildman–Crippen MR) is 131 cm³/mol. The number of carbonyl (C=O) groups is 3. The summed E-state index contributed by atoms with van der Waals surface area (Å²) in [6.07, 6.45) is 0. The van der Waals surface area contributed by atoms with E-state index in [1.54, 1.807) is 95.0 Å². The summed E-state index contributed by atoms with van der Waals surface area (Å²) in [5.74, 6) is -1.28. The van der Waals surface area contributed by atoms with E-state index in [0.717, 1.165) is 0 Å². The number of Topliss-reactive ketones (excluding diaryl/α,β-unsaturated/α-hetero) is 1. The van der Waals surface area contributed by atoms with Gasteiger partial charge in [-0.3, -0.25) is 14.4 Å². The highest BCUT2D eigenvalue weighted by Gasteiger charge is 2.30. The first kappa shape index (κ1) is 25.0. The van der Waals surface area contributed by atoms with Crippen LogP contribution in [0.3, 0.4) is 0 Å². The summed E-state index contributed by atoms with van der Waals surface area (Å²) in [5.41, 5.74) is 0.957. The lowest BCUT2D eigenvalue weighted by Crippen LogP contribution is -2.40. The molecule has 0 heterocycles. The molecular weight excluding hydrogens is 434 g/mol. The molecule has 0 atom stereocenters. The van der Waals surface area contributed by atoms with E-state index in [-0.39, 0.29) is 30.2 Å². The number of esters is 2. The van der Waals surface area contributed by atoms with Gasteiger partial charge in [-0.25, -0.2) is 0 Å². The number of ether oxygens (including phenoxy) is 2. The van der Waals surface area contributed by atoms with Crippen molar-refractivity contribution >= 4 is 34.7 Å². The highest BCUT2D eigenvalue weighted by molar-refractivity contribution is 6.38. The van der Waals surface area contributed by atoms with Crippen molar-refractivity contribution in [2.24, 2.45) is 0 Å². The fraction of sp³-hybridized carbons (Fsp3) is 0.370. The Morgan fingerprint density at radius 1 is 0.794 bits per heavy atom. The van der Waals surface area contributed by atoms with Gasteiger partial charge in [0.05, 0.1) is 5.57 Å². The van der Waals surface area contributed by atoms with Gasteiger partial charge in [0.15, 0.2) is 5.78 Å². The van der Waals surface area contributed by atoms with Crippen molar-refractivity contribution < 1.29 is 29.0 Å². The molecule has 7 nitrogen and oxygen atoms in total. The van der Waals surface area contributed by atoms with Crippen LogP contribution in [0.1, 0.15) is 63.0 Å². The topological polar surface area (TPSA) is 93.1 Å². The van der Waals surface area contributed by atoms with Crippen LogP contribution in [0.2, 0.25) is 0 Å². The maximum Gasteiger partial charge on any atom is 0.326 e. The van der Waals surface area contributed by atoms with Gasteiger partial charge in [0.1, 0.15) is 30.1 Å². The smallest absolute Gasteiger partial charge is 0.326 e. The van der Waals surface area contributed by atoms with Gasteiger partial charge >= 0.3 is 11.9 Å². The molecule has 3 rings (SSSR count). The molecule has 1 N–H and O–H groups in total. The number of fused-ring (bicyclic) bond motifs is 1. The molecular formula is C27H31NO6. The van der Waals surface area contributed by atoms with Gasteiger partial charge < -0.3 is 19.5 Å². The van der Waals surface area contributed by atoms with Crippen LogP contribution in [0.25, 0.3) is 11.3 Å². The number of hydrogen-bond acceptors (Lipinski definition) is 7. The van der Waals surface area contributed by atoms with E-state index in [1.807, 2.05) is 0 Å². The zero-order valence-electron chi connectivity index (χ0n) is 20.5. The molecule has 7 heteroatoms. The maximum absolute atomic E-state index is 12.8. The molecule has 0 saturated carbocycles. The molecule has 0 spiro atoms. The van der Waals surface area contributed by atoms with Crippen molar-refractivity contribution in [2.75, 3.05) is 18.0 Å². The lowest BCUT2D eigenvalue weighted by Gasteiger charge is -2.27. The first-order valence-electron chi connectivity index (χ1n) is 11.1. The summed E-state index contributed by atoms with van der Waals surface area (Å²) in [5, 5.41) is 10.6. The van der Waals surface area contributed by atoms with Crippen LogP contribution in [0.5, 0.6) is 0 Å². The lowest BCUT2D eigenvalue weighted by molar-refractivity contribution is -0.154. The van der Waals surface area contributed by atoms with E-state index in [0.29, 0.717) is 22.4 Å². The molecule has 0 aromatic heterocycles. The van der Waals surface area contributed by atoms with Crippen LogP contribution in [0, 0.1) is 0 Å². The minimum Gasteiger partial charge on any atom is -0.507 e. The molecule has 0 unspecified atom stereocenters. The minimum atomic E-state index is -0.666. The maximum atomic E-state index is 12.8. The van der Waals surface area contributed by atoms with E-state index in [9.17, 15) is 19.5 Å². The summed E-state index contributed by atoms with van der Waals surface area (Å²) in [6, 6.07) is 13.7. The Kier molecular flexibility index (Phi) is 6.87. The average molecular weight is 466 g/mol. The second-order valence-corrected chi connectivity index (χ2v) is 10.2. The Labute approximate surface area is 200 Å². The molecule has 2 aromatic carbocycles. The molecule has 2 aromatic rings. The number of benzene rings is 2. The molecule has 34 heavy (non-hydrogen) atoms. The highest BCUT2D eigenvalue weighted by atomic mass is 16.6. The molecule has 1 aliphatic carbocycles. The Bertz CT molecular complexity index is 1100. The number of aliphatic hydroxyl groups excluding tert-OH is 1. The van der Waals surface area contributed by atoms with Crippen molar-refractivity contribution in [1.29, 1.82) is 0 Å². The van der Waals surface area contributed by atoms with Gasteiger partial charge in [-0.2, -0.15) is 0 Å². The lowest BCUT2D eigenvalue weighted by atomic mass is 10.0. The number of rotatable bonds is 6. The molecule has 0 aliphatic heterocycles. The third kappa shape index (κ3) is 6.04. The van der Waals surface area contributed by atoms with Gasteiger partial charge in [0.25, 0.3) is 0 Å². The van der Waals surface area contributed by atoms with E-state index >= 15 is 0 Å². The Morgan fingerprint density at radius 2 is 1.26 bits per heavy atom. The molecule has 0 bridgehead atoms. The van der Waals surface area contributed by atoms with Crippen LogP contribution >= 0.6 is 0 Å². The van der Waals surface area contributed by atoms with Crippen LogP contribution in [0.15, 0.2) is 48.5 Å². The fourth-order valence-electron chi connectivity index (χ4n) is 3.67. The highest BCUT2D eigenvalue weighted by Crippen LogP contribution is 2.37. The summed E-state index contributed by atoms with van der Waals surface area (Å²) in [6.45, 7) is 10.3. The summed E-state index contributed by atoms with van der Waals surface area (Å²) in [4.78, 5) is 39.4. The first-order valence-corrected chi connectivity index (χ1v) is 11.1. The molecule has 1 aliphatic rings. The van der Waals surface area contributed by atoms with Crippen LogP contribution in [0.4, 0.5) is 5.69 Å². The van der Waals surface area contributed by atoms with Crippen molar-refractivity contribution in [3.05, 3.63) is 65.2 Å². The van der Waals surface area contributed by atoms with Crippen molar-refractivity contribution in [3.8, 4) is 0 Å². The fourth-order valence-corrected chi connectivity index (χ4v) is 3.67. The van der Waals surface area contributed by atoms with Gasteiger partial charge in [0.2, 0.25) is 0 Å². The SMILES string of the molecule is CC(C)(C)OC(=O)CN(CC(=O)OC(C)(C)C)c1ccc(C2=C(O)c3ccccc3C2=O)cc1. The molecule has 0 amide bonds. The van der Waals surface area contributed by atoms with Crippen LogP contribution in [-0.2, 0) is 19.1 Å². The number of aliphatic hydroxyl groups is 1. The van der Waals surface area contributed by atoms with E-state index < -0.39 is 23.1 Å². The monoisotopic (exact) mass is 465 g/mol. The summed E-state index contributed by atoms with van der Waals surface area (Å²) < 4.78 is 10.8. The standard InChI is InChI=1S/C27H31NO6/c1-26(2,3)33-21(29)15-28(16-22(30)34-27(4,5)6)18-13-11-17(12-14-18)23-24(31)19-9-7-8-10-20(19)25(23)32/h7-14,31H,15-16H2,1-6H3. The molecule has 0 saturated heterocycles. The van der Waals surface area contributed by atoms with Gasteiger partial charge in [-0.05, 0) is 59.2 Å². The van der Waals surface area contributed by atoms with E-state index in [4.69, 9.17) is 9.47 Å². The number of nitrogens with zero attached hydrogens (tertiary/aromatic N) is 1. The van der Waals surface area contributed by atoms with E-state index in [2.05, 4.69) is 0 Å². The largest absolute Gasteiger partial charge is 0.507 e. The number of allylic oxidation sites excluding steroid dienone is 1. The Morgan fingerprint density at radius 3 is 1.71 bits per heavy atom. The number of ketones is 1. The second kappa shape index (κ2) is 9.33. The van der Waals surface area contributed by atoms with Crippen molar-refractivity contribution in [2.45, 2.75) is 52.7 Å². The third-order valence-corrected chi connectivity index (χ3v) is 4.89. The number of hydrogen-bond donors (Lipinski definition) is 1. The quantitative estimate of drug-likeness (QED) is 0.613. The van der Waals surface area contributed by atoms with Gasteiger partial charge in [-0.1, -0.05) is 36.4 Å². The van der Waals surface area contributed by atoms with Crippen molar-refractivity contribution in [3.63, 3.8) is 0 Å². The second-order valence-electron chi connectivity index (χ2n) is 10.2. The Hall–Kier alpha value is -3.61. The van der Waals surface area contributed by atoms with Crippen molar-refractivity contribution in [1.82, 2.24) is 0 Å². The Balaban J connectivity index is 1.86. The zero-order valence-corrected chi connectivity index (χ0v) is 20.5. The molecule has 180 valence electrons. The number of carbonyl (C=O) groups excluding carboxylic acids is 3. The van der Waals surface area contributed by atoms with Crippen LogP contribution < -0.4 is 4.90 Å². The normalized spacial score (nSPS) is 13.5. The third-order valence-electron chi connectivity index (χ3n) is 4.89. The summed E-state index contributed by atoms with van der Waals surface area (Å²) in [7, 11) is 0. The first-order chi connectivity index (χ1) is 15.7. The van der Waals surface area contributed by atoms with Gasteiger partial charge in [0, 0.05) is 16.8 Å². The van der Waals surface area contributed by atoms with Crippen LogP contribution in [-0.4, -0.2) is 47.1 Å². The minimum absolute atomic E-state index is 0.0623. The van der Waals surface area contributed by atoms with E-state index in [1.165, 1.54) is 0 Å². The predicted octanol–water partition coefficient (Wildman–Crippen LogP) is 4.80. The average Bonchev–Trinajstić information content (AvgIpc) is 2.95. The molecule has 0 radical (unpaired) electrons. The molecule has 0 fully saturated rings. The zero-order chi connectivity index (χ0) is 25.3.